The quantitative estimate of drug-likeness (QED) is 0.904. The minimum Gasteiger partial charge on any atom is -0.350 e. The summed E-state index contributed by atoms with van der Waals surface area (Å²) in [6, 6.07) is 11.6. The van der Waals surface area contributed by atoms with Crippen molar-refractivity contribution in [2.45, 2.75) is 19.5 Å². The first kappa shape index (κ1) is 17.4. The van der Waals surface area contributed by atoms with Gasteiger partial charge in [-0.25, -0.2) is 4.39 Å². The Morgan fingerprint density at radius 1 is 1.26 bits per heavy atom. The number of amides is 1. The monoisotopic (exact) mass is 334 g/mol. The molecular formula is C18H20ClFN2O. The number of likely N-dealkylation sites (N-methyl/N-ethyl adjacent to an activating group) is 1. The van der Waals surface area contributed by atoms with Crippen molar-refractivity contribution < 1.29 is 9.18 Å². The lowest BCUT2D eigenvalue weighted by molar-refractivity contribution is -0.126. The van der Waals surface area contributed by atoms with Gasteiger partial charge in [-0.2, -0.15) is 0 Å². The topological polar surface area (TPSA) is 32.3 Å². The molecule has 0 saturated carbocycles. The second-order valence-corrected chi connectivity index (χ2v) is 6.08. The van der Waals surface area contributed by atoms with Crippen LogP contribution in [-0.2, 0) is 11.3 Å². The van der Waals surface area contributed by atoms with E-state index in [1.807, 2.05) is 50.2 Å². The number of carbonyl (C=O) groups excluding carboxylic acids is 1. The molecule has 0 aliphatic rings. The molecule has 0 aliphatic carbocycles. The van der Waals surface area contributed by atoms with E-state index in [4.69, 9.17) is 11.6 Å². The number of rotatable bonds is 5. The first-order chi connectivity index (χ1) is 10.9. The molecule has 122 valence electrons. The van der Waals surface area contributed by atoms with E-state index in [2.05, 4.69) is 5.32 Å². The number of halogens is 2. The standard InChI is InChI=1S/C18H20ClFN2O/c1-12-6-4-5-7-15(12)17(22(2)3)18(23)21-11-13-8-9-14(20)10-16(13)19/h4-10,17H,11H2,1-3H3,(H,21,23). The molecule has 3 nitrogen and oxygen atoms in total. The highest BCUT2D eigenvalue weighted by molar-refractivity contribution is 6.31. The summed E-state index contributed by atoms with van der Waals surface area (Å²) in [5.41, 5.74) is 2.70. The zero-order valence-electron chi connectivity index (χ0n) is 13.4. The molecule has 0 heterocycles. The molecule has 2 aromatic rings. The first-order valence-electron chi connectivity index (χ1n) is 7.33. The molecule has 1 atom stereocenters. The predicted molar refractivity (Wildman–Crippen MR) is 90.9 cm³/mol. The van der Waals surface area contributed by atoms with Crippen LogP contribution in [0.3, 0.4) is 0 Å². The lowest BCUT2D eigenvalue weighted by atomic mass is 10.00. The van der Waals surface area contributed by atoms with Crippen LogP contribution in [0.25, 0.3) is 0 Å². The zero-order chi connectivity index (χ0) is 17.0. The van der Waals surface area contributed by atoms with Crippen molar-refractivity contribution in [2.75, 3.05) is 14.1 Å². The molecule has 5 heteroatoms. The van der Waals surface area contributed by atoms with Gasteiger partial charge in [0.1, 0.15) is 11.9 Å². The summed E-state index contributed by atoms with van der Waals surface area (Å²) >= 11 is 6.00. The second-order valence-electron chi connectivity index (χ2n) is 5.68. The molecule has 0 bridgehead atoms. The van der Waals surface area contributed by atoms with E-state index >= 15 is 0 Å². The number of hydrogen-bond donors (Lipinski definition) is 1. The normalized spacial score (nSPS) is 12.3. The van der Waals surface area contributed by atoms with Gasteiger partial charge in [-0.15, -0.1) is 0 Å². The third-order valence-corrected chi connectivity index (χ3v) is 4.07. The first-order valence-corrected chi connectivity index (χ1v) is 7.71. The number of carbonyl (C=O) groups is 1. The third-order valence-electron chi connectivity index (χ3n) is 3.72. The molecule has 0 aromatic heterocycles. The van der Waals surface area contributed by atoms with Gasteiger partial charge in [0, 0.05) is 11.6 Å². The fourth-order valence-corrected chi connectivity index (χ4v) is 2.73. The van der Waals surface area contributed by atoms with Crippen LogP contribution in [0.15, 0.2) is 42.5 Å². The highest BCUT2D eigenvalue weighted by Crippen LogP contribution is 2.23. The maximum Gasteiger partial charge on any atom is 0.242 e. The van der Waals surface area contributed by atoms with Crippen LogP contribution in [0.4, 0.5) is 4.39 Å². The van der Waals surface area contributed by atoms with Crippen molar-refractivity contribution in [3.05, 3.63) is 70.0 Å². The van der Waals surface area contributed by atoms with Crippen molar-refractivity contribution in [2.24, 2.45) is 0 Å². The van der Waals surface area contributed by atoms with Gasteiger partial charge in [0.25, 0.3) is 0 Å². The molecule has 23 heavy (non-hydrogen) atoms. The van der Waals surface area contributed by atoms with Crippen molar-refractivity contribution in [3.63, 3.8) is 0 Å². The largest absolute Gasteiger partial charge is 0.350 e. The Labute approximate surface area is 141 Å². The minimum atomic E-state index is -0.393. The molecule has 2 rings (SSSR count). The van der Waals surface area contributed by atoms with Crippen LogP contribution in [0.5, 0.6) is 0 Å². The summed E-state index contributed by atoms with van der Waals surface area (Å²) < 4.78 is 13.1. The van der Waals surface area contributed by atoms with E-state index in [1.165, 1.54) is 12.1 Å². The molecule has 0 spiro atoms. The lowest BCUT2D eigenvalue weighted by Gasteiger charge is -2.25. The molecular weight excluding hydrogens is 315 g/mol. The van der Waals surface area contributed by atoms with E-state index in [1.54, 1.807) is 6.07 Å². The highest BCUT2D eigenvalue weighted by atomic mass is 35.5. The number of nitrogens with zero attached hydrogens (tertiary/aromatic N) is 1. The van der Waals surface area contributed by atoms with E-state index in [0.717, 1.165) is 11.1 Å². The fraction of sp³-hybridized carbons (Fsp3) is 0.278. The molecule has 1 unspecified atom stereocenters. The van der Waals surface area contributed by atoms with Gasteiger partial charge in [-0.05, 0) is 49.8 Å². The average Bonchev–Trinajstić information content (AvgIpc) is 2.48. The molecule has 2 aromatic carbocycles. The Bertz CT molecular complexity index is 703. The summed E-state index contributed by atoms with van der Waals surface area (Å²) in [6.07, 6.45) is 0. The summed E-state index contributed by atoms with van der Waals surface area (Å²) in [5.74, 6) is -0.513. The molecule has 0 saturated heterocycles. The van der Waals surface area contributed by atoms with Crippen LogP contribution in [0.1, 0.15) is 22.7 Å². The van der Waals surface area contributed by atoms with Gasteiger partial charge < -0.3 is 5.32 Å². The maximum atomic E-state index is 13.1. The van der Waals surface area contributed by atoms with Gasteiger partial charge >= 0.3 is 0 Å². The summed E-state index contributed by atoms with van der Waals surface area (Å²) in [6.45, 7) is 2.24. The Morgan fingerprint density at radius 2 is 1.96 bits per heavy atom. The average molecular weight is 335 g/mol. The number of benzene rings is 2. The summed E-state index contributed by atoms with van der Waals surface area (Å²) in [7, 11) is 3.73. The van der Waals surface area contributed by atoms with Gasteiger partial charge in [0.15, 0.2) is 0 Å². The number of aryl methyl sites for hydroxylation is 1. The van der Waals surface area contributed by atoms with Crippen molar-refractivity contribution in [1.82, 2.24) is 10.2 Å². The number of hydrogen-bond acceptors (Lipinski definition) is 2. The highest BCUT2D eigenvalue weighted by Gasteiger charge is 2.24. The molecule has 0 aliphatic heterocycles. The maximum absolute atomic E-state index is 13.1. The van der Waals surface area contributed by atoms with Crippen molar-refractivity contribution >= 4 is 17.5 Å². The van der Waals surface area contributed by atoms with E-state index < -0.39 is 11.9 Å². The van der Waals surface area contributed by atoms with Gasteiger partial charge in [0.05, 0.1) is 0 Å². The Kier molecular flexibility index (Phi) is 5.74. The molecule has 0 radical (unpaired) electrons. The van der Waals surface area contributed by atoms with Crippen LogP contribution < -0.4 is 5.32 Å². The van der Waals surface area contributed by atoms with Crippen LogP contribution >= 0.6 is 11.6 Å². The second kappa shape index (κ2) is 7.57. The third kappa shape index (κ3) is 4.30. The Hall–Kier alpha value is -1.91. The van der Waals surface area contributed by atoms with Crippen LogP contribution in [0.2, 0.25) is 5.02 Å². The lowest BCUT2D eigenvalue weighted by Crippen LogP contribution is -2.37. The van der Waals surface area contributed by atoms with E-state index in [9.17, 15) is 9.18 Å². The Morgan fingerprint density at radius 3 is 2.57 bits per heavy atom. The zero-order valence-corrected chi connectivity index (χ0v) is 14.2. The van der Waals surface area contributed by atoms with Crippen molar-refractivity contribution in [1.29, 1.82) is 0 Å². The molecule has 1 amide bonds. The fourth-order valence-electron chi connectivity index (χ4n) is 2.49. The number of nitrogens with one attached hydrogen (secondary N) is 1. The summed E-state index contributed by atoms with van der Waals surface area (Å²) in [4.78, 5) is 14.5. The van der Waals surface area contributed by atoms with E-state index in [0.29, 0.717) is 10.6 Å². The smallest absolute Gasteiger partial charge is 0.242 e. The van der Waals surface area contributed by atoms with Crippen LogP contribution in [-0.4, -0.2) is 24.9 Å². The van der Waals surface area contributed by atoms with E-state index in [-0.39, 0.29) is 12.5 Å². The molecule has 1 N–H and O–H groups in total. The summed E-state index contributed by atoms with van der Waals surface area (Å²) in [5, 5.41) is 3.19. The predicted octanol–water partition coefficient (Wildman–Crippen LogP) is 3.71. The SMILES string of the molecule is Cc1ccccc1C(C(=O)NCc1ccc(F)cc1Cl)N(C)C. The van der Waals surface area contributed by atoms with Gasteiger partial charge in [-0.3, -0.25) is 9.69 Å². The van der Waals surface area contributed by atoms with Crippen LogP contribution in [0, 0.1) is 12.7 Å². The molecule has 0 fully saturated rings. The Balaban J connectivity index is 2.15. The minimum absolute atomic E-state index is 0.121. The van der Waals surface area contributed by atoms with Crippen molar-refractivity contribution in [3.8, 4) is 0 Å². The van der Waals surface area contributed by atoms with Gasteiger partial charge in [-0.1, -0.05) is 41.9 Å². The van der Waals surface area contributed by atoms with Gasteiger partial charge in [0.2, 0.25) is 5.91 Å².